The first kappa shape index (κ1) is 11.9. The molecule has 0 aliphatic carbocycles. The number of nitrogens with one attached hydrogen (secondary N) is 2. The topological polar surface area (TPSA) is 98.7 Å². The summed E-state index contributed by atoms with van der Waals surface area (Å²) in [6.07, 6.45) is 1.67. The Hall–Kier alpha value is -1.14. The molecule has 86 valence electrons. The van der Waals surface area contributed by atoms with Crippen LogP contribution in [-0.2, 0) is 9.59 Å². The summed E-state index contributed by atoms with van der Waals surface area (Å²) >= 11 is 0. The summed E-state index contributed by atoms with van der Waals surface area (Å²) < 4.78 is 0. The Morgan fingerprint density at radius 1 is 1.53 bits per heavy atom. The highest BCUT2D eigenvalue weighted by molar-refractivity contribution is 5.85. The van der Waals surface area contributed by atoms with E-state index in [1.807, 2.05) is 0 Å². The number of carboxylic acids is 1. The summed E-state index contributed by atoms with van der Waals surface area (Å²) in [7, 11) is 0. The van der Waals surface area contributed by atoms with E-state index in [4.69, 9.17) is 10.2 Å². The van der Waals surface area contributed by atoms with Gasteiger partial charge in [-0.05, 0) is 19.4 Å². The number of carboxylic acid groups (broad SMARTS) is 1. The largest absolute Gasteiger partial charge is 0.480 e. The van der Waals surface area contributed by atoms with Crippen LogP contribution < -0.4 is 10.6 Å². The Morgan fingerprint density at radius 2 is 2.27 bits per heavy atom. The summed E-state index contributed by atoms with van der Waals surface area (Å²) in [5.74, 6) is -1.70. The Morgan fingerprint density at radius 3 is 2.73 bits per heavy atom. The van der Waals surface area contributed by atoms with Crippen LogP contribution in [0.4, 0.5) is 0 Å². The lowest BCUT2D eigenvalue weighted by Gasteiger charge is -2.23. The molecule has 1 saturated heterocycles. The van der Waals surface area contributed by atoms with Gasteiger partial charge in [0.25, 0.3) is 0 Å². The van der Waals surface area contributed by atoms with E-state index in [-0.39, 0.29) is 11.8 Å². The van der Waals surface area contributed by atoms with Crippen molar-refractivity contribution in [1.29, 1.82) is 0 Å². The molecule has 0 aromatic rings. The summed E-state index contributed by atoms with van der Waals surface area (Å²) in [6, 6.07) is -1.19. The Bertz CT molecular complexity index is 238. The van der Waals surface area contributed by atoms with Gasteiger partial charge < -0.3 is 20.8 Å². The van der Waals surface area contributed by atoms with Crippen LogP contribution >= 0.6 is 0 Å². The van der Waals surface area contributed by atoms with Crippen molar-refractivity contribution in [2.45, 2.75) is 18.9 Å². The third-order valence-electron chi connectivity index (χ3n) is 2.46. The smallest absolute Gasteiger partial charge is 0.328 e. The van der Waals surface area contributed by atoms with Crippen LogP contribution in [-0.4, -0.2) is 47.8 Å². The van der Waals surface area contributed by atoms with Crippen LogP contribution in [0.1, 0.15) is 12.8 Å². The molecular weight excluding hydrogens is 200 g/mol. The van der Waals surface area contributed by atoms with Gasteiger partial charge in [-0.25, -0.2) is 4.79 Å². The fourth-order valence-electron chi connectivity index (χ4n) is 1.55. The van der Waals surface area contributed by atoms with Gasteiger partial charge in [0, 0.05) is 6.54 Å². The highest BCUT2D eigenvalue weighted by Gasteiger charge is 2.25. The zero-order chi connectivity index (χ0) is 11.3. The first-order chi connectivity index (χ1) is 7.15. The molecule has 0 aromatic heterocycles. The zero-order valence-corrected chi connectivity index (χ0v) is 8.40. The Balaban J connectivity index is 2.42. The van der Waals surface area contributed by atoms with Gasteiger partial charge in [0.15, 0.2) is 0 Å². The van der Waals surface area contributed by atoms with Crippen LogP contribution in [0, 0.1) is 5.92 Å². The summed E-state index contributed by atoms with van der Waals surface area (Å²) in [5.41, 5.74) is 0. The highest BCUT2D eigenvalue weighted by Crippen LogP contribution is 2.09. The van der Waals surface area contributed by atoms with E-state index in [0.717, 1.165) is 19.4 Å². The molecule has 6 heteroatoms. The van der Waals surface area contributed by atoms with E-state index in [1.54, 1.807) is 0 Å². The fourth-order valence-corrected chi connectivity index (χ4v) is 1.55. The second-order valence-electron chi connectivity index (χ2n) is 3.63. The lowest BCUT2D eigenvalue weighted by molar-refractivity contribution is -0.143. The second kappa shape index (κ2) is 5.67. The second-order valence-corrected chi connectivity index (χ2v) is 3.63. The molecule has 0 bridgehead atoms. The molecular formula is C9H16N2O4. The van der Waals surface area contributed by atoms with Crippen molar-refractivity contribution < 1.29 is 19.8 Å². The predicted molar refractivity (Wildman–Crippen MR) is 52.2 cm³/mol. The van der Waals surface area contributed by atoms with E-state index in [9.17, 15) is 9.59 Å². The van der Waals surface area contributed by atoms with Crippen molar-refractivity contribution in [3.63, 3.8) is 0 Å². The number of amides is 1. The molecule has 1 aliphatic rings. The van der Waals surface area contributed by atoms with Gasteiger partial charge in [-0.2, -0.15) is 0 Å². The van der Waals surface area contributed by atoms with Crippen LogP contribution in [0.25, 0.3) is 0 Å². The normalized spacial score (nSPS) is 23.1. The molecule has 4 N–H and O–H groups in total. The maximum absolute atomic E-state index is 11.5. The molecule has 0 aromatic carbocycles. The lowest BCUT2D eigenvalue weighted by Crippen LogP contribution is -2.48. The summed E-state index contributed by atoms with van der Waals surface area (Å²) in [5, 5.41) is 22.7. The van der Waals surface area contributed by atoms with Crippen molar-refractivity contribution in [3.05, 3.63) is 0 Å². The first-order valence-electron chi connectivity index (χ1n) is 5.00. The molecule has 1 amide bonds. The third-order valence-corrected chi connectivity index (χ3v) is 2.46. The van der Waals surface area contributed by atoms with Gasteiger partial charge >= 0.3 is 5.97 Å². The molecule has 0 spiro atoms. The molecule has 0 saturated carbocycles. The van der Waals surface area contributed by atoms with Crippen molar-refractivity contribution in [3.8, 4) is 0 Å². The van der Waals surface area contributed by atoms with E-state index < -0.39 is 18.6 Å². The van der Waals surface area contributed by atoms with Gasteiger partial charge in [0.05, 0.1) is 12.5 Å². The monoisotopic (exact) mass is 216 g/mol. The number of aliphatic hydroxyl groups excluding tert-OH is 1. The fraction of sp³-hybridized carbons (Fsp3) is 0.778. The standard InChI is InChI=1S/C9H16N2O4/c12-5-7(9(14)15)11-8(13)6-2-1-3-10-4-6/h6-7,10,12H,1-5H2,(H,11,13)(H,14,15)/t6-,7+/m0/s1. The number of carbonyl (C=O) groups is 2. The van der Waals surface area contributed by atoms with Crippen molar-refractivity contribution in [1.82, 2.24) is 10.6 Å². The minimum atomic E-state index is -1.21. The van der Waals surface area contributed by atoms with E-state index in [2.05, 4.69) is 10.6 Å². The molecule has 1 fully saturated rings. The maximum Gasteiger partial charge on any atom is 0.328 e. The predicted octanol–water partition coefficient (Wildman–Crippen LogP) is -1.45. The van der Waals surface area contributed by atoms with Gasteiger partial charge in [-0.3, -0.25) is 4.79 Å². The number of aliphatic hydroxyl groups is 1. The zero-order valence-electron chi connectivity index (χ0n) is 8.40. The van der Waals surface area contributed by atoms with Gasteiger partial charge in [-0.15, -0.1) is 0 Å². The molecule has 1 rings (SSSR count). The van der Waals surface area contributed by atoms with Crippen molar-refractivity contribution in [2.24, 2.45) is 5.92 Å². The third kappa shape index (κ3) is 3.49. The van der Waals surface area contributed by atoms with Gasteiger partial charge in [0.2, 0.25) is 5.91 Å². The average molecular weight is 216 g/mol. The van der Waals surface area contributed by atoms with Crippen LogP contribution in [0.15, 0.2) is 0 Å². The highest BCUT2D eigenvalue weighted by atomic mass is 16.4. The van der Waals surface area contributed by atoms with Gasteiger partial charge in [0.1, 0.15) is 6.04 Å². The molecule has 1 aliphatic heterocycles. The van der Waals surface area contributed by atoms with Crippen LogP contribution in [0.5, 0.6) is 0 Å². The van der Waals surface area contributed by atoms with E-state index in [1.165, 1.54) is 0 Å². The summed E-state index contributed by atoms with van der Waals surface area (Å²) in [6.45, 7) is 0.886. The molecule has 0 unspecified atom stereocenters. The van der Waals surface area contributed by atoms with E-state index in [0.29, 0.717) is 6.54 Å². The molecule has 6 nitrogen and oxygen atoms in total. The average Bonchev–Trinajstić information content (AvgIpc) is 2.26. The minimum Gasteiger partial charge on any atom is -0.480 e. The number of hydrogen-bond donors (Lipinski definition) is 4. The maximum atomic E-state index is 11.5. The number of hydrogen-bond acceptors (Lipinski definition) is 4. The van der Waals surface area contributed by atoms with Crippen LogP contribution in [0.3, 0.4) is 0 Å². The Labute approximate surface area is 87.7 Å². The number of piperidine rings is 1. The molecule has 0 radical (unpaired) electrons. The first-order valence-corrected chi connectivity index (χ1v) is 5.00. The number of carbonyl (C=O) groups excluding carboxylic acids is 1. The summed E-state index contributed by atoms with van der Waals surface area (Å²) in [4.78, 5) is 22.1. The van der Waals surface area contributed by atoms with Crippen LogP contribution in [0.2, 0.25) is 0 Å². The molecule has 2 atom stereocenters. The lowest BCUT2D eigenvalue weighted by atomic mass is 9.98. The van der Waals surface area contributed by atoms with Gasteiger partial charge in [-0.1, -0.05) is 0 Å². The molecule has 15 heavy (non-hydrogen) atoms. The Kier molecular flexibility index (Phi) is 4.51. The van der Waals surface area contributed by atoms with Crippen molar-refractivity contribution in [2.75, 3.05) is 19.7 Å². The number of rotatable bonds is 4. The SMILES string of the molecule is O=C(N[C@H](CO)C(=O)O)[C@H]1CCCNC1. The van der Waals surface area contributed by atoms with E-state index >= 15 is 0 Å². The van der Waals surface area contributed by atoms with Crippen molar-refractivity contribution >= 4 is 11.9 Å². The quantitative estimate of drug-likeness (QED) is 0.461. The molecule has 1 heterocycles. The minimum absolute atomic E-state index is 0.188. The number of aliphatic carboxylic acids is 1.